The molecule has 2 heterocycles. The molecule has 28 heavy (non-hydrogen) atoms. The van der Waals surface area contributed by atoms with Gasteiger partial charge in [0.1, 0.15) is 11.8 Å². The summed E-state index contributed by atoms with van der Waals surface area (Å²) in [5, 5.41) is 12.3. The van der Waals surface area contributed by atoms with Crippen molar-refractivity contribution >= 4 is 11.7 Å². The number of nitrogens with one attached hydrogen (secondary N) is 1. The summed E-state index contributed by atoms with van der Waals surface area (Å²) in [5.74, 6) is 0.546. The molecule has 2 saturated heterocycles. The van der Waals surface area contributed by atoms with Gasteiger partial charge in [0.15, 0.2) is 0 Å². The molecule has 1 aromatic rings. The van der Waals surface area contributed by atoms with E-state index in [0.717, 1.165) is 58.7 Å². The molecule has 152 valence electrons. The lowest BCUT2D eigenvalue weighted by Gasteiger charge is -2.37. The Bertz CT molecular complexity index is 697. The number of nitrogens with zero attached hydrogens (tertiary/aromatic N) is 3. The van der Waals surface area contributed by atoms with Gasteiger partial charge in [0, 0.05) is 37.9 Å². The maximum Gasteiger partial charge on any atom is 0.322 e. The van der Waals surface area contributed by atoms with Crippen LogP contribution < -0.4 is 10.1 Å². The first kappa shape index (κ1) is 20.4. The molecule has 0 unspecified atom stereocenters. The van der Waals surface area contributed by atoms with E-state index in [1.807, 2.05) is 11.8 Å². The molecule has 0 saturated carbocycles. The monoisotopic (exact) mass is 386 g/mol. The first-order chi connectivity index (χ1) is 13.7. The summed E-state index contributed by atoms with van der Waals surface area (Å²) in [6.45, 7) is 7.70. The number of ether oxygens (including phenoxy) is 2. The van der Waals surface area contributed by atoms with Crippen LogP contribution in [0.3, 0.4) is 0 Å². The maximum absolute atomic E-state index is 12.9. The summed E-state index contributed by atoms with van der Waals surface area (Å²) in [7, 11) is 0. The highest BCUT2D eigenvalue weighted by Gasteiger charge is 2.27. The van der Waals surface area contributed by atoms with Gasteiger partial charge in [-0.1, -0.05) is 0 Å². The first-order valence-corrected chi connectivity index (χ1v) is 10.3. The Morgan fingerprint density at radius 3 is 2.89 bits per heavy atom. The fourth-order valence-electron chi connectivity index (χ4n) is 3.90. The van der Waals surface area contributed by atoms with E-state index in [2.05, 4.69) is 16.3 Å². The van der Waals surface area contributed by atoms with E-state index in [-0.39, 0.29) is 12.1 Å². The van der Waals surface area contributed by atoms with Crippen LogP contribution >= 0.6 is 0 Å². The molecule has 1 N–H and O–H groups in total. The number of hydrogen-bond acceptors (Lipinski definition) is 5. The fraction of sp³-hybridized carbons (Fsp3) is 0.619. The molecule has 7 heteroatoms. The molecule has 1 aromatic carbocycles. The predicted molar refractivity (Wildman–Crippen MR) is 108 cm³/mol. The molecular formula is C21H30N4O3. The molecule has 2 aliphatic heterocycles. The SMILES string of the molecule is CCOc1ccc(NC(=O)N2CCCC[C@H]2CCN2CCOCC2)cc1C#N. The van der Waals surface area contributed by atoms with Gasteiger partial charge in [0.25, 0.3) is 0 Å². The molecule has 2 aliphatic rings. The van der Waals surface area contributed by atoms with Crippen LogP contribution in [0.15, 0.2) is 18.2 Å². The third-order valence-electron chi connectivity index (χ3n) is 5.42. The number of morpholine rings is 1. The minimum Gasteiger partial charge on any atom is -0.492 e. The first-order valence-electron chi connectivity index (χ1n) is 10.3. The number of amides is 2. The van der Waals surface area contributed by atoms with Crippen molar-refractivity contribution in [1.82, 2.24) is 9.80 Å². The summed E-state index contributed by atoms with van der Waals surface area (Å²) < 4.78 is 10.9. The second-order valence-corrected chi connectivity index (χ2v) is 7.27. The van der Waals surface area contributed by atoms with E-state index >= 15 is 0 Å². The van der Waals surface area contributed by atoms with Crippen LogP contribution in [0.1, 0.15) is 38.2 Å². The molecule has 0 aliphatic carbocycles. The summed E-state index contributed by atoms with van der Waals surface area (Å²) >= 11 is 0. The van der Waals surface area contributed by atoms with Crippen LogP contribution in [-0.4, -0.2) is 67.9 Å². The molecule has 7 nitrogen and oxygen atoms in total. The summed E-state index contributed by atoms with van der Waals surface area (Å²) in [4.78, 5) is 17.3. The number of anilines is 1. The van der Waals surface area contributed by atoms with E-state index in [1.165, 1.54) is 6.42 Å². The Kier molecular flexibility index (Phi) is 7.52. The summed E-state index contributed by atoms with van der Waals surface area (Å²) in [6, 6.07) is 7.51. The van der Waals surface area contributed by atoms with Crippen LogP contribution in [0.5, 0.6) is 5.75 Å². The minimum atomic E-state index is -0.0836. The van der Waals surface area contributed by atoms with Crippen molar-refractivity contribution in [3.8, 4) is 11.8 Å². The van der Waals surface area contributed by atoms with Gasteiger partial charge in [-0.2, -0.15) is 5.26 Å². The lowest BCUT2D eigenvalue weighted by Crippen LogP contribution is -2.48. The number of likely N-dealkylation sites (tertiary alicyclic amines) is 1. The lowest BCUT2D eigenvalue weighted by molar-refractivity contribution is 0.0329. The van der Waals surface area contributed by atoms with E-state index < -0.39 is 0 Å². The highest BCUT2D eigenvalue weighted by molar-refractivity contribution is 5.90. The number of urea groups is 1. The third kappa shape index (κ3) is 5.37. The van der Waals surface area contributed by atoms with E-state index in [4.69, 9.17) is 9.47 Å². The number of benzene rings is 1. The van der Waals surface area contributed by atoms with Crippen LogP contribution in [0.4, 0.5) is 10.5 Å². The summed E-state index contributed by atoms with van der Waals surface area (Å²) in [5.41, 5.74) is 1.06. The molecule has 0 bridgehead atoms. The van der Waals surface area contributed by atoms with Crippen molar-refractivity contribution in [3.63, 3.8) is 0 Å². The van der Waals surface area contributed by atoms with Crippen molar-refractivity contribution in [3.05, 3.63) is 23.8 Å². The largest absolute Gasteiger partial charge is 0.492 e. The van der Waals surface area contributed by atoms with Crippen molar-refractivity contribution in [1.29, 1.82) is 5.26 Å². The van der Waals surface area contributed by atoms with Crippen molar-refractivity contribution in [2.24, 2.45) is 0 Å². The Labute approximate surface area is 167 Å². The number of rotatable bonds is 6. The molecule has 1 atom stereocenters. The van der Waals surface area contributed by atoms with Crippen LogP contribution in [0, 0.1) is 11.3 Å². The average Bonchev–Trinajstić information content (AvgIpc) is 2.74. The maximum atomic E-state index is 12.9. The number of piperidine rings is 1. The van der Waals surface area contributed by atoms with Crippen molar-refractivity contribution in [2.45, 2.75) is 38.6 Å². The van der Waals surface area contributed by atoms with E-state index in [0.29, 0.717) is 23.6 Å². The Morgan fingerprint density at radius 1 is 1.32 bits per heavy atom. The summed E-state index contributed by atoms with van der Waals surface area (Å²) in [6.07, 6.45) is 4.23. The topological polar surface area (TPSA) is 77.8 Å². The average molecular weight is 386 g/mol. The second kappa shape index (κ2) is 10.3. The number of carbonyl (C=O) groups is 1. The van der Waals surface area contributed by atoms with E-state index in [9.17, 15) is 10.1 Å². The highest BCUT2D eigenvalue weighted by atomic mass is 16.5. The van der Waals surface area contributed by atoms with Gasteiger partial charge in [0.05, 0.1) is 25.4 Å². The molecule has 0 radical (unpaired) electrons. The Morgan fingerprint density at radius 2 is 2.14 bits per heavy atom. The van der Waals surface area contributed by atoms with Gasteiger partial charge >= 0.3 is 6.03 Å². The third-order valence-corrected chi connectivity index (χ3v) is 5.42. The van der Waals surface area contributed by atoms with Crippen molar-refractivity contribution in [2.75, 3.05) is 51.3 Å². The van der Waals surface area contributed by atoms with Crippen LogP contribution in [-0.2, 0) is 4.74 Å². The molecule has 0 spiro atoms. The second-order valence-electron chi connectivity index (χ2n) is 7.27. The van der Waals surface area contributed by atoms with E-state index in [1.54, 1.807) is 18.2 Å². The van der Waals surface area contributed by atoms with Gasteiger partial charge < -0.3 is 19.7 Å². The predicted octanol–water partition coefficient (Wildman–Crippen LogP) is 3.07. The lowest BCUT2D eigenvalue weighted by atomic mass is 9.99. The van der Waals surface area contributed by atoms with Gasteiger partial charge in [-0.25, -0.2) is 4.79 Å². The van der Waals surface area contributed by atoms with Gasteiger partial charge in [-0.15, -0.1) is 0 Å². The van der Waals surface area contributed by atoms with Crippen LogP contribution in [0.2, 0.25) is 0 Å². The Hall–Kier alpha value is -2.30. The standard InChI is InChI=1S/C21H30N4O3/c1-2-28-20-7-6-18(15-17(20)16-22)23-21(26)25-9-4-3-5-19(25)8-10-24-11-13-27-14-12-24/h6-7,15,19H,2-5,8-14H2,1H3,(H,23,26)/t19-/m0/s1. The van der Waals surface area contributed by atoms with Gasteiger partial charge in [-0.3, -0.25) is 4.90 Å². The molecule has 0 aromatic heterocycles. The minimum absolute atomic E-state index is 0.0836. The Balaban J connectivity index is 1.60. The zero-order valence-corrected chi connectivity index (χ0v) is 16.7. The molecule has 3 rings (SSSR count). The quantitative estimate of drug-likeness (QED) is 0.813. The number of carbonyl (C=O) groups excluding carboxylic acids is 1. The fourth-order valence-corrected chi connectivity index (χ4v) is 3.90. The molecule has 2 amide bonds. The number of nitriles is 1. The molecular weight excluding hydrogens is 356 g/mol. The molecule has 2 fully saturated rings. The van der Waals surface area contributed by atoms with Gasteiger partial charge in [0.2, 0.25) is 0 Å². The normalized spacial score (nSPS) is 20.4. The zero-order chi connectivity index (χ0) is 19.8. The van der Waals surface area contributed by atoms with Gasteiger partial charge in [-0.05, 0) is 50.8 Å². The van der Waals surface area contributed by atoms with Crippen LogP contribution in [0.25, 0.3) is 0 Å². The smallest absolute Gasteiger partial charge is 0.322 e. The number of hydrogen-bond donors (Lipinski definition) is 1. The highest BCUT2D eigenvalue weighted by Crippen LogP contribution is 2.25. The van der Waals surface area contributed by atoms with Crippen molar-refractivity contribution < 1.29 is 14.3 Å². The zero-order valence-electron chi connectivity index (χ0n) is 16.7.